The Labute approximate surface area is 83.2 Å². The monoisotopic (exact) mass is 194 g/mol. The Balaban J connectivity index is 3.00. The van der Waals surface area contributed by atoms with Crippen molar-refractivity contribution in [2.45, 2.75) is 13.3 Å². The van der Waals surface area contributed by atoms with Gasteiger partial charge in [0.25, 0.3) is 0 Å². The second kappa shape index (κ2) is 4.60. The molecule has 0 atom stereocenters. The van der Waals surface area contributed by atoms with Crippen LogP contribution in [-0.4, -0.2) is 29.7 Å². The second-order valence-corrected chi connectivity index (χ2v) is 3.12. The van der Waals surface area contributed by atoms with E-state index in [4.69, 9.17) is 5.11 Å². The third-order valence-corrected chi connectivity index (χ3v) is 2.00. The van der Waals surface area contributed by atoms with Crippen molar-refractivity contribution in [2.24, 2.45) is 0 Å². The smallest absolute Gasteiger partial charge is 0.339 e. The lowest BCUT2D eigenvalue weighted by Crippen LogP contribution is -2.20. The molecule has 0 unspecified atom stereocenters. The van der Waals surface area contributed by atoms with Gasteiger partial charge in [-0.3, -0.25) is 4.98 Å². The quantitative estimate of drug-likeness (QED) is 0.791. The van der Waals surface area contributed by atoms with Gasteiger partial charge in [-0.15, -0.1) is 0 Å². The van der Waals surface area contributed by atoms with Crippen LogP contribution in [0.3, 0.4) is 0 Å². The number of carbonyl (C=O) groups is 1. The minimum absolute atomic E-state index is 0.253. The fourth-order valence-corrected chi connectivity index (χ4v) is 1.34. The van der Waals surface area contributed by atoms with E-state index in [1.54, 1.807) is 12.3 Å². The zero-order valence-corrected chi connectivity index (χ0v) is 8.40. The standard InChI is InChI=1S/C10H14N2O2/c1-3-6-12(2)9-4-5-11-7-8(9)10(13)14/h4-5,7H,3,6H2,1-2H3,(H,13,14). The van der Waals surface area contributed by atoms with E-state index in [1.165, 1.54) is 6.20 Å². The van der Waals surface area contributed by atoms with Gasteiger partial charge in [-0.25, -0.2) is 4.79 Å². The van der Waals surface area contributed by atoms with E-state index in [-0.39, 0.29) is 5.56 Å². The summed E-state index contributed by atoms with van der Waals surface area (Å²) < 4.78 is 0. The molecule has 0 aromatic carbocycles. The predicted molar refractivity (Wildman–Crippen MR) is 54.8 cm³/mol. The number of carboxylic acids is 1. The van der Waals surface area contributed by atoms with Gasteiger partial charge in [-0.1, -0.05) is 6.92 Å². The first kappa shape index (κ1) is 10.5. The highest BCUT2D eigenvalue weighted by Gasteiger charge is 2.12. The van der Waals surface area contributed by atoms with Crippen molar-refractivity contribution in [1.82, 2.24) is 4.98 Å². The Kier molecular flexibility index (Phi) is 3.45. The Morgan fingerprint density at radius 3 is 2.93 bits per heavy atom. The summed E-state index contributed by atoms with van der Waals surface area (Å²) in [5.74, 6) is -0.934. The number of pyridine rings is 1. The Morgan fingerprint density at radius 1 is 1.64 bits per heavy atom. The number of anilines is 1. The fourth-order valence-electron chi connectivity index (χ4n) is 1.34. The molecule has 0 spiro atoms. The van der Waals surface area contributed by atoms with E-state index in [2.05, 4.69) is 11.9 Å². The third-order valence-electron chi connectivity index (χ3n) is 2.00. The lowest BCUT2D eigenvalue weighted by molar-refractivity contribution is 0.0697. The van der Waals surface area contributed by atoms with Crippen LogP contribution in [0.25, 0.3) is 0 Å². The summed E-state index contributed by atoms with van der Waals surface area (Å²) in [5.41, 5.74) is 0.970. The number of rotatable bonds is 4. The van der Waals surface area contributed by atoms with E-state index in [1.807, 2.05) is 11.9 Å². The first-order chi connectivity index (χ1) is 6.66. The maximum Gasteiger partial charge on any atom is 0.339 e. The predicted octanol–water partition coefficient (Wildman–Crippen LogP) is 1.63. The van der Waals surface area contributed by atoms with Crippen LogP contribution in [0.2, 0.25) is 0 Å². The summed E-state index contributed by atoms with van der Waals surface area (Å²) >= 11 is 0. The van der Waals surface area contributed by atoms with E-state index < -0.39 is 5.97 Å². The summed E-state index contributed by atoms with van der Waals surface area (Å²) in [6.45, 7) is 2.89. The Morgan fingerprint density at radius 2 is 2.36 bits per heavy atom. The molecule has 4 nitrogen and oxygen atoms in total. The molecular weight excluding hydrogens is 180 g/mol. The van der Waals surface area contributed by atoms with Gasteiger partial charge in [0.05, 0.1) is 5.69 Å². The van der Waals surface area contributed by atoms with Gasteiger partial charge in [0.2, 0.25) is 0 Å². The van der Waals surface area contributed by atoms with Gasteiger partial charge in [-0.2, -0.15) is 0 Å². The molecule has 0 amide bonds. The van der Waals surface area contributed by atoms with Crippen molar-refractivity contribution in [3.8, 4) is 0 Å². The maximum atomic E-state index is 10.9. The zero-order chi connectivity index (χ0) is 10.6. The van der Waals surface area contributed by atoms with E-state index in [0.29, 0.717) is 5.69 Å². The third kappa shape index (κ3) is 2.22. The molecule has 4 heteroatoms. The van der Waals surface area contributed by atoms with Crippen LogP contribution in [0, 0.1) is 0 Å². The van der Waals surface area contributed by atoms with Crippen molar-refractivity contribution in [2.75, 3.05) is 18.5 Å². The lowest BCUT2D eigenvalue weighted by Gasteiger charge is -2.19. The minimum Gasteiger partial charge on any atom is -0.478 e. The molecule has 14 heavy (non-hydrogen) atoms. The summed E-state index contributed by atoms with van der Waals surface area (Å²) in [7, 11) is 1.88. The number of hydrogen-bond acceptors (Lipinski definition) is 3. The van der Waals surface area contributed by atoms with Crippen LogP contribution in [-0.2, 0) is 0 Å². The highest BCUT2D eigenvalue weighted by Crippen LogP contribution is 2.17. The molecular formula is C10H14N2O2. The van der Waals surface area contributed by atoms with Crippen LogP contribution >= 0.6 is 0 Å². The molecule has 0 aliphatic carbocycles. The molecule has 1 aromatic rings. The molecule has 0 bridgehead atoms. The topological polar surface area (TPSA) is 53.4 Å². The van der Waals surface area contributed by atoms with Crippen molar-refractivity contribution >= 4 is 11.7 Å². The Hall–Kier alpha value is -1.58. The van der Waals surface area contributed by atoms with Crippen LogP contribution in [0.15, 0.2) is 18.5 Å². The SMILES string of the molecule is CCCN(C)c1ccncc1C(=O)O. The molecule has 0 saturated carbocycles. The second-order valence-electron chi connectivity index (χ2n) is 3.12. The molecule has 0 fully saturated rings. The highest BCUT2D eigenvalue weighted by molar-refractivity contribution is 5.93. The summed E-state index contributed by atoms with van der Waals surface area (Å²) in [6.07, 6.45) is 3.97. The van der Waals surface area contributed by atoms with Crippen LogP contribution in [0.5, 0.6) is 0 Å². The number of hydrogen-bond donors (Lipinski definition) is 1. The molecule has 76 valence electrons. The normalized spacial score (nSPS) is 9.86. The average Bonchev–Trinajstić information content (AvgIpc) is 2.18. The first-order valence-electron chi connectivity index (χ1n) is 4.55. The molecule has 1 aromatic heterocycles. The minimum atomic E-state index is -0.934. The fraction of sp³-hybridized carbons (Fsp3) is 0.400. The van der Waals surface area contributed by atoms with Crippen molar-refractivity contribution in [3.63, 3.8) is 0 Å². The largest absolute Gasteiger partial charge is 0.478 e. The van der Waals surface area contributed by atoms with Crippen molar-refractivity contribution in [3.05, 3.63) is 24.0 Å². The summed E-state index contributed by atoms with van der Waals surface area (Å²) in [4.78, 5) is 16.6. The molecule has 0 saturated heterocycles. The lowest BCUT2D eigenvalue weighted by atomic mass is 10.2. The van der Waals surface area contributed by atoms with Gasteiger partial charge in [-0.05, 0) is 12.5 Å². The van der Waals surface area contributed by atoms with E-state index in [0.717, 1.165) is 13.0 Å². The maximum absolute atomic E-state index is 10.9. The van der Waals surface area contributed by atoms with E-state index in [9.17, 15) is 4.79 Å². The molecule has 1 N–H and O–H groups in total. The average molecular weight is 194 g/mol. The van der Waals surface area contributed by atoms with Crippen LogP contribution in [0.1, 0.15) is 23.7 Å². The van der Waals surface area contributed by atoms with Crippen LogP contribution < -0.4 is 4.90 Å². The van der Waals surface area contributed by atoms with Gasteiger partial charge < -0.3 is 10.0 Å². The highest BCUT2D eigenvalue weighted by atomic mass is 16.4. The number of aromatic carboxylic acids is 1. The van der Waals surface area contributed by atoms with Gasteiger partial charge in [0, 0.05) is 26.0 Å². The zero-order valence-electron chi connectivity index (χ0n) is 8.40. The molecule has 0 aliphatic rings. The number of carboxylic acid groups (broad SMARTS) is 1. The van der Waals surface area contributed by atoms with Crippen LogP contribution in [0.4, 0.5) is 5.69 Å². The van der Waals surface area contributed by atoms with Crippen molar-refractivity contribution < 1.29 is 9.90 Å². The number of nitrogens with zero attached hydrogens (tertiary/aromatic N) is 2. The Bertz CT molecular complexity index is 326. The molecule has 0 radical (unpaired) electrons. The van der Waals surface area contributed by atoms with Gasteiger partial charge >= 0.3 is 5.97 Å². The van der Waals surface area contributed by atoms with Crippen molar-refractivity contribution in [1.29, 1.82) is 0 Å². The first-order valence-corrected chi connectivity index (χ1v) is 4.55. The molecule has 1 rings (SSSR count). The molecule has 1 heterocycles. The summed E-state index contributed by atoms with van der Waals surface area (Å²) in [5, 5.41) is 8.92. The molecule has 0 aliphatic heterocycles. The summed E-state index contributed by atoms with van der Waals surface area (Å²) in [6, 6.07) is 1.72. The number of aromatic nitrogens is 1. The van der Waals surface area contributed by atoms with E-state index >= 15 is 0 Å². The van der Waals surface area contributed by atoms with Gasteiger partial charge in [0.15, 0.2) is 0 Å². The van der Waals surface area contributed by atoms with Gasteiger partial charge in [0.1, 0.15) is 5.56 Å².